The smallest absolute Gasteiger partial charge is 0.203 e. The van der Waals surface area contributed by atoms with Crippen molar-refractivity contribution in [1.82, 2.24) is 9.13 Å². The van der Waals surface area contributed by atoms with Crippen molar-refractivity contribution in [1.29, 1.82) is 5.41 Å². The van der Waals surface area contributed by atoms with E-state index in [9.17, 15) is 5.11 Å². The van der Waals surface area contributed by atoms with Crippen LogP contribution in [0, 0.1) is 5.41 Å². The zero-order chi connectivity index (χ0) is 18.5. The van der Waals surface area contributed by atoms with E-state index in [1.807, 2.05) is 33.4 Å². The second-order valence-corrected chi connectivity index (χ2v) is 6.78. The maximum absolute atomic E-state index is 10.4. The van der Waals surface area contributed by atoms with E-state index in [0.29, 0.717) is 22.9 Å². The van der Waals surface area contributed by atoms with E-state index >= 15 is 0 Å². The van der Waals surface area contributed by atoms with E-state index < -0.39 is 6.10 Å². The maximum Gasteiger partial charge on any atom is 0.203 e. The molecule has 0 spiro atoms. The van der Waals surface area contributed by atoms with Crippen LogP contribution in [0.1, 0.15) is 19.8 Å². The molecule has 0 saturated heterocycles. The Morgan fingerprint density at radius 3 is 2.38 bits per heavy atom. The van der Waals surface area contributed by atoms with Crippen molar-refractivity contribution in [2.75, 3.05) is 6.61 Å². The highest BCUT2D eigenvalue weighted by Gasteiger charge is 2.14. The highest BCUT2D eigenvalue weighted by molar-refractivity contribution is 6.30. The Labute approximate surface area is 157 Å². The SMILES string of the molecule is CCCCn1c(=N)n(C[C@@H](O)COc2ccc(Cl)cc2)c2ccccc21. The lowest BCUT2D eigenvalue weighted by atomic mass is 10.3. The number of para-hydroxylation sites is 2. The van der Waals surface area contributed by atoms with Gasteiger partial charge in [0, 0.05) is 11.6 Å². The van der Waals surface area contributed by atoms with Crippen LogP contribution in [-0.4, -0.2) is 27.0 Å². The maximum atomic E-state index is 10.4. The first kappa shape index (κ1) is 18.5. The minimum atomic E-state index is -0.717. The zero-order valence-corrected chi connectivity index (χ0v) is 15.6. The zero-order valence-electron chi connectivity index (χ0n) is 14.9. The Morgan fingerprint density at radius 1 is 1.08 bits per heavy atom. The summed E-state index contributed by atoms with van der Waals surface area (Å²) < 4.78 is 9.48. The summed E-state index contributed by atoms with van der Waals surface area (Å²) in [5, 5.41) is 19.6. The molecule has 1 atom stereocenters. The molecule has 0 unspecified atom stereocenters. The van der Waals surface area contributed by atoms with Crippen molar-refractivity contribution < 1.29 is 9.84 Å². The average molecular weight is 374 g/mol. The van der Waals surface area contributed by atoms with Crippen LogP contribution < -0.4 is 10.4 Å². The van der Waals surface area contributed by atoms with E-state index in [1.165, 1.54) is 0 Å². The van der Waals surface area contributed by atoms with Crippen molar-refractivity contribution in [3.63, 3.8) is 0 Å². The van der Waals surface area contributed by atoms with Gasteiger partial charge < -0.3 is 19.0 Å². The third kappa shape index (κ3) is 4.11. The molecule has 3 rings (SSSR count). The van der Waals surface area contributed by atoms with Crippen molar-refractivity contribution in [3.8, 4) is 5.75 Å². The third-order valence-corrected chi connectivity index (χ3v) is 4.61. The number of nitrogens with one attached hydrogen (secondary N) is 1. The molecule has 0 saturated carbocycles. The topological polar surface area (TPSA) is 63.2 Å². The van der Waals surface area contributed by atoms with Gasteiger partial charge in [0.25, 0.3) is 0 Å². The van der Waals surface area contributed by atoms with Crippen LogP contribution in [0.5, 0.6) is 5.75 Å². The van der Waals surface area contributed by atoms with Gasteiger partial charge in [-0.15, -0.1) is 0 Å². The Balaban J connectivity index is 1.76. The Bertz CT molecular complexity index is 915. The van der Waals surface area contributed by atoms with Gasteiger partial charge >= 0.3 is 0 Å². The molecule has 5 nitrogen and oxygen atoms in total. The van der Waals surface area contributed by atoms with Crippen LogP contribution in [0.3, 0.4) is 0 Å². The summed E-state index contributed by atoms with van der Waals surface area (Å²) in [6.45, 7) is 3.41. The number of aromatic nitrogens is 2. The predicted octanol–water partition coefficient (Wildman–Crippen LogP) is 3.82. The summed E-state index contributed by atoms with van der Waals surface area (Å²) >= 11 is 5.86. The monoisotopic (exact) mass is 373 g/mol. The predicted molar refractivity (Wildman–Crippen MR) is 104 cm³/mol. The molecule has 3 aromatic rings. The number of hydrogen-bond donors (Lipinski definition) is 2. The lowest BCUT2D eigenvalue weighted by molar-refractivity contribution is 0.0921. The van der Waals surface area contributed by atoms with Crippen molar-refractivity contribution >= 4 is 22.6 Å². The highest BCUT2D eigenvalue weighted by Crippen LogP contribution is 2.17. The number of nitrogens with zero attached hydrogens (tertiary/aromatic N) is 2. The fourth-order valence-corrected chi connectivity index (χ4v) is 3.13. The van der Waals surface area contributed by atoms with Crippen LogP contribution in [0.2, 0.25) is 5.02 Å². The molecule has 0 aliphatic rings. The molecule has 2 aromatic carbocycles. The first-order valence-electron chi connectivity index (χ1n) is 8.89. The standard InChI is InChI=1S/C20H24ClN3O2/c1-2-3-12-23-18-6-4-5-7-19(18)24(20(23)22)13-16(25)14-26-17-10-8-15(21)9-11-17/h4-11,16,22,25H,2-3,12-14H2,1H3/t16-/m1/s1. The molecule has 0 fully saturated rings. The van der Waals surface area contributed by atoms with Crippen LogP contribution in [0.15, 0.2) is 48.5 Å². The fraction of sp³-hybridized carbons (Fsp3) is 0.350. The van der Waals surface area contributed by atoms with Crippen LogP contribution in [0.4, 0.5) is 0 Å². The number of unbranched alkanes of at least 4 members (excludes halogenated alkanes) is 1. The van der Waals surface area contributed by atoms with Crippen LogP contribution in [-0.2, 0) is 13.1 Å². The van der Waals surface area contributed by atoms with E-state index in [4.69, 9.17) is 21.7 Å². The first-order valence-corrected chi connectivity index (χ1v) is 9.27. The van der Waals surface area contributed by atoms with Gasteiger partial charge in [-0.2, -0.15) is 0 Å². The lowest BCUT2D eigenvalue weighted by Gasteiger charge is -2.14. The molecule has 0 amide bonds. The normalized spacial score (nSPS) is 12.4. The number of aliphatic hydroxyl groups is 1. The Hall–Kier alpha value is -2.24. The summed E-state index contributed by atoms with van der Waals surface area (Å²) in [6.07, 6.45) is 1.38. The second-order valence-electron chi connectivity index (χ2n) is 6.35. The molecular formula is C20H24ClN3O2. The van der Waals surface area contributed by atoms with Crippen LogP contribution in [0.25, 0.3) is 11.0 Å². The summed E-state index contributed by atoms with van der Waals surface area (Å²) in [5.74, 6) is 0.662. The number of rotatable bonds is 8. The molecule has 138 valence electrons. The fourth-order valence-electron chi connectivity index (χ4n) is 3.01. The number of aryl methyl sites for hydroxylation is 1. The molecule has 1 heterocycles. The largest absolute Gasteiger partial charge is 0.491 e. The number of aliphatic hydroxyl groups excluding tert-OH is 1. The average Bonchev–Trinajstić information content (AvgIpc) is 2.91. The summed E-state index contributed by atoms with van der Waals surface area (Å²) in [4.78, 5) is 0. The van der Waals surface area contributed by atoms with Gasteiger partial charge in [0.05, 0.1) is 17.6 Å². The van der Waals surface area contributed by atoms with E-state index in [0.717, 1.165) is 30.4 Å². The Morgan fingerprint density at radius 2 is 1.73 bits per heavy atom. The second kappa shape index (κ2) is 8.43. The number of ether oxygens (including phenoxy) is 1. The summed E-state index contributed by atoms with van der Waals surface area (Å²) in [6, 6.07) is 15.0. The minimum absolute atomic E-state index is 0.155. The van der Waals surface area contributed by atoms with Gasteiger partial charge in [0.2, 0.25) is 5.62 Å². The van der Waals surface area contributed by atoms with Gasteiger partial charge in [0.15, 0.2) is 0 Å². The molecule has 26 heavy (non-hydrogen) atoms. The van der Waals surface area contributed by atoms with Gasteiger partial charge in [-0.05, 0) is 42.8 Å². The number of imidazole rings is 1. The quantitative estimate of drug-likeness (QED) is 0.630. The third-order valence-electron chi connectivity index (χ3n) is 4.36. The number of benzene rings is 2. The molecule has 1 aromatic heterocycles. The Kier molecular flexibility index (Phi) is 6.01. The van der Waals surface area contributed by atoms with E-state index in [1.54, 1.807) is 24.3 Å². The minimum Gasteiger partial charge on any atom is -0.491 e. The van der Waals surface area contributed by atoms with Gasteiger partial charge in [-0.3, -0.25) is 5.41 Å². The number of fused-ring (bicyclic) bond motifs is 1. The summed E-state index contributed by atoms with van der Waals surface area (Å²) in [7, 11) is 0. The van der Waals surface area contributed by atoms with Gasteiger partial charge in [-0.25, -0.2) is 0 Å². The highest BCUT2D eigenvalue weighted by atomic mass is 35.5. The van der Waals surface area contributed by atoms with E-state index in [-0.39, 0.29) is 6.61 Å². The molecule has 2 N–H and O–H groups in total. The van der Waals surface area contributed by atoms with E-state index in [2.05, 4.69) is 6.92 Å². The molecule has 6 heteroatoms. The molecule has 0 aliphatic heterocycles. The molecule has 0 radical (unpaired) electrons. The molecule has 0 aliphatic carbocycles. The number of halogens is 1. The lowest BCUT2D eigenvalue weighted by Crippen LogP contribution is -2.31. The number of hydrogen-bond acceptors (Lipinski definition) is 3. The van der Waals surface area contributed by atoms with Gasteiger partial charge in [0.1, 0.15) is 18.5 Å². The first-order chi connectivity index (χ1) is 12.6. The molecular weight excluding hydrogens is 350 g/mol. The van der Waals surface area contributed by atoms with Gasteiger partial charge in [-0.1, -0.05) is 37.1 Å². The van der Waals surface area contributed by atoms with Crippen molar-refractivity contribution in [2.45, 2.75) is 39.0 Å². The molecule has 0 bridgehead atoms. The van der Waals surface area contributed by atoms with Crippen molar-refractivity contribution in [2.24, 2.45) is 0 Å². The van der Waals surface area contributed by atoms with Crippen molar-refractivity contribution in [3.05, 3.63) is 59.2 Å². The summed E-state index contributed by atoms with van der Waals surface area (Å²) in [5.41, 5.74) is 2.39. The van der Waals surface area contributed by atoms with Crippen LogP contribution >= 0.6 is 11.6 Å².